The standard InChI is InChI=1S/C20H23N3O6/c24-19(21-11-15-2-1-7-27-15)20(25)22-12-16(23-5-8-26-9-6-23)14-3-4-17-18(10-14)29-13-28-17/h1-4,7,10,16H,5-6,8-9,11-13H2,(H,21,24)(H,22,25)/t16-/m1/s1. The Balaban J connectivity index is 1.40. The lowest BCUT2D eigenvalue weighted by atomic mass is 10.0. The van der Waals surface area contributed by atoms with Crippen LogP contribution in [0.4, 0.5) is 0 Å². The number of rotatable bonds is 6. The number of hydrogen-bond donors (Lipinski definition) is 2. The molecule has 0 aliphatic carbocycles. The van der Waals surface area contributed by atoms with Gasteiger partial charge < -0.3 is 29.3 Å². The third kappa shape index (κ3) is 4.69. The lowest BCUT2D eigenvalue weighted by molar-refractivity contribution is -0.139. The summed E-state index contributed by atoms with van der Waals surface area (Å²) in [6.07, 6.45) is 1.51. The van der Waals surface area contributed by atoms with E-state index in [1.165, 1.54) is 6.26 Å². The summed E-state index contributed by atoms with van der Waals surface area (Å²) in [6.45, 7) is 3.37. The lowest BCUT2D eigenvalue weighted by Crippen LogP contribution is -2.46. The van der Waals surface area contributed by atoms with Crippen molar-refractivity contribution in [1.29, 1.82) is 0 Å². The number of nitrogens with one attached hydrogen (secondary N) is 2. The van der Waals surface area contributed by atoms with Crippen molar-refractivity contribution in [3.63, 3.8) is 0 Å². The Hall–Kier alpha value is -3.04. The highest BCUT2D eigenvalue weighted by Gasteiger charge is 2.26. The highest BCUT2D eigenvalue weighted by Crippen LogP contribution is 2.35. The van der Waals surface area contributed by atoms with E-state index in [0.29, 0.717) is 30.5 Å². The molecule has 1 aromatic heterocycles. The molecule has 29 heavy (non-hydrogen) atoms. The molecule has 2 aliphatic rings. The van der Waals surface area contributed by atoms with Crippen molar-refractivity contribution < 1.29 is 28.2 Å². The van der Waals surface area contributed by atoms with Crippen LogP contribution in [0.3, 0.4) is 0 Å². The van der Waals surface area contributed by atoms with E-state index in [-0.39, 0.29) is 25.9 Å². The topological polar surface area (TPSA) is 102 Å². The van der Waals surface area contributed by atoms with Gasteiger partial charge in [-0.25, -0.2) is 0 Å². The molecule has 1 saturated heterocycles. The Labute approximate surface area is 167 Å². The fraction of sp³-hybridized carbons (Fsp3) is 0.400. The molecule has 0 radical (unpaired) electrons. The third-order valence-electron chi connectivity index (χ3n) is 4.93. The fourth-order valence-corrected chi connectivity index (χ4v) is 3.40. The molecule has 0 bridgehead atoms. The maximum absolute atomic E-state index is 12.3. The molecule has 9 heteroatoms. The minimum absolute atomic E-state index is 0.116. The van der Waals surface area contributed by atoms with E-state index < -0.39 is 11.8 Å². The molecule has 3 heterocycles. The first-order valence-corrected chi connectivity index (χ1v) is 9.50. The Kier molecular flexibility index (Phi) is 5.97. The maximum atomic E-state index is 12.3. The van der Waals surface area contributed by atoms with Crippen LogP contribution in [0, 0.1) is 0 Å². The first kappa shape index (κ1) is 19.3. The summed E-state index contributed by atoms with van der Waals surface area (Å²) < 4.78 is 21.5. The highest BCUT2D eigenvalue weighted by molar-refractivity contribution is 6.35. The zero-order valence-corrected chi connectivity index (χ0v) is 15.9. The molecule has 154 valence electrons. The van der Waals surface area contributed by atoms with Gasteiger partial charge in [0.1, 0.15) is 5.76 Å². The van der Waals surface area contributed by atoms with E-state index in [9.17, 15) is 9.59 Å². The van der Waals surface area contributed by atoms with Crippen LogP contribution < -0.4 is 20.1 Å². The summed E-state index contributed by atoms with van der Waals surface area (Å²) in [4.78, 5) is 26.6. The van der Waals surface area contributed by atoms with E-state index in [1.807, 2.05) is 18.2 Å². The van der Waals surface area contributed by atoms with Gasteiger partial charge in [-0.3, -0.25) is 14.5 Å². The number of morpholine rings is 1. The predicted molar refractivity (Wildman–Crippen MR) is 101 cm³/mol. The molecule has 0 unspecified atom stereocenters. The Bertz CT molecular complexity index is 848. The number of amides is 2. The van der Waals surface area contributed by atoms with Gasteiger partial charge in [0, 0.05) is 19.6 Å². The van der Waals surface area contributed by atoms with Crippen LogP contribution in [0.2, 0.25) is 0 Å². The first-order valence-electron chi connectivity index (χ1n) is 9.50. The second-order valence-electron chi connectivity index (χ2n) is 6.75. The van der Waals surface area contributed by atoms with E-state index >= 15 is 0 Å². The van der Waals surface area contributed by atoms with E-state index in [2.05, 4.69) is 15.5 Å². The molecule has 2 aromatic rings. The van der Waals surface area contributed by atoms with E-state index in [4.69, 9.17) is 18.6 Å². The largest absolute Gasteiger partial charge is 0.467 e. The van der Waals surface area contributed by atoms with Gasteiger partial charge in [-0.2, -0.15) is 0 Å². The molecule has 1 fully saturated rings. The van der Waals surface area contributed by atoms with Crippen molar-refractivity contribution >= 4 is 11.8 Å². The predicted octanol–water partition coefficient (Wildman–Crippen LogP) is 0.814. The van der Waals surface area contributed by atoms with Gasteiger partial charge in [-0.15, -0.1) is 0 Å². The molecule has 0 spiro atoms. The number of nitrogens with zero attached hydrogens (tertiary/aromatic N) is 1. The molecule has 2 amide bonds. The van der Waals surface area contributed by atoms with Gasteiger partial charge in [-0.05, 0) is 29.8 Å². The van der Waals surface area contributed by atoms with Crippen molar-refractivity contribution in [2.24, 2.45) is 0 Å². The number of benzene rings is 1. The summed E-state index contributed by atoms with van der Waals surface area (Å²) in [5, 5.41) is 5.29. The van der Waals surface area contributed by atoms with Gasteiger partial charge in [0.15, 0.2) is 11.5 Å². The summed E-state index contributed by atoms with van der Waals surface area (Å²) >= 11 is 0. The number of carbonyl (C=O) groups is 2. The molecule has 2 aliphatic heterocycles. The summed E-state index contributed by atoms with van der Waals surface area (Å²) in [7, 11) is 0. The minimum atomic E-state index is -0.701. The fourth-order valence-electron chi connectivity index (χ4n) is 3.40. The molecule has 1 aromatic carbocycles. The molecule has 0 saturated carbocycles. The number of furan rings is 1. The van der Waals surface area contributed by atoms with Crippen molar-refractivity contribution in [2.75, 3.05) is 39.6 Å². The van der Waals surface area contributed by atoms with Gasteiger partial charge in [0.05, 0.1) is 32.1 Å². The SMILES string of the molecule is O=C(NCc1ccco1)C(=O)NC[C@H](c1ccc2c(c1)OCO2)N1CCOCC1. The number of hydrogen-bond acceptors (Lipinski definition) is 7. The molecular weight excluding hydrogens is 378 g/mol. The monoisotopic (exact) mass is 401 g/mol. The highest BCUT2D eigenvalue weighted by atomic mass is 16.7. The smallest absolute Gasteiger partial charge is 0.309 e. The van der Waals surface area contributed by atoms with Gasteiger partial charge in [-0.1, -0.05) is 6.07 Å². The van der Waals surface area contributed by atoms with Crippen LogP contribution in [0.25, 0.3) is 0 Å². The first-order chi connectivity index (χ1) is 14.2. The zero-order chi connectivity index (χ0) is 20.1. The van der Waals surface area contributed by atoms with Gasteiger partial charge in [0.2, 0.25) is 6.79 Å². The zero-order valence-electron chi connectivity index (χ0n) is 15.9. The second kappa shape index (κ2) is 8.97. The van der Waals surface area contributed by atoms with Crippen molar-refractivity contribution in [2.45, 2.75) is 12.6 Å². The van der Waals surface area contributed by atoms with Crippen LogP contribution in [-0.2, 0) is 20.9 Å². The number of fused-ring (bicyclic) bond motifs is 1. The molecular formula is C20H23N3O6. The van der Waals surface area contributed by atoms with Crippen LogP contribution in [0.1, 0.15) is 17.4 Å². The van der Waals surface area contributed by atoms with Crippen molar-refractivity contribution in [3.05, 3.63) is 47.9 Å². The Morgan fingerprint density at radius 3 is 2.62 bits per heavy atom. The van der Waals surface area contributed by atoms with Crippen LogP contribution in [0.15, 0.2) is 41.0 Å². The van der Waals surface area contributed by atoms with Crippen molar-refractivity contribution in [1.82, 2.24) is 15.5 Å². The van der Waals surface area contributed by atoms with E-state index in [1.54, 1.807) is 12.1 Å². The van der Waals surface area contributed by atoms with Gasteiger partial charge >= 0.3 is 11.8 Å². The Morgan fingerprint density at radius 1 is 1.03 bits per heavy atom. The van der Waals surface area contributed by atoms with Gasteiger partial charge in [0.25, 0.3) is 0 Å². The lowest BCUT2D eigenvalue weighted by Gasteiger charge is -2.34. The average molecular weight is 401 g/mol. The number of carbonyl (C=O) groups excluding carboxylic acids is 2. The molecule has 2 N–H and O–H groups in total. The van der Waals surface area contributed by atoms with Crippen LogP contribution >= 0.6 is 0 Å². The molecule has 9 nitrogen and oxygen atoms in total. The molecule has 4 rings (SSSR count). The maximum Gasteiger partial charge on any atom is 0.309 e. The number of ether oxygens (including phenoxy) is 3. The van der Waals surface area contributed by atoms with Crippen molar-refractivity contribution in [3.8, 4) is 11.5 Å². The summed E-state index contributed by atoms with van der Waals surface area (Å²) in [5.41, 5.74) is 0.979. The van der Waals surface area contributed by atoms with Crippen LogP contribution in [0.5, 0.6) is 11.5 Å². The summed E-state index contributed by atoms with van der Waals surface area (Å²) in [5.74, 6) is 0.583. The Morgan fingerprint density at radius 2 is 1.83 bits per heavy atom. The normalized spacial score (nSPS) is 17.0. The third-order valence-corrected chi connectivity index (χ3v) is 4.93. The van der Waals surface area contributed by atoms with E-state index in [0.717, 1.165) is 18.7 Å². The average Bonchev–Trinajstić information content (AvgIpc) is 3.44. The quantitative estimate of drug-likeness (QED) is 0.691. The minimum Gasteiger partial charge on any atom is -0.467 e. The van der Waals surface area contributed by atoms with Crippen LogP contribution in [-0.4, -0.2) is 56.4 Å². The summed E-state index contributed by atoms with van der Waals surface area (Å²) in [6, 6.07) is 9.08. The molecule has 1 atom stereocenters. The second-order valence-corrected chi connectivity index (χ2v) is 6.75.